The highest BCUT2D eigenvalue weighted by Crippen LogP contribution is 2.40. The second-order valence-electron chi connectivity index (χ2n) is 10.5. The number of hydrogen-bond donors (Lipinski definition) is 1. The number of nitrogens with one attached hydrogen (secondary N) is 1. The first-order chi connectivity index (χ1) is 17.1. The lowest BCUT2D eigenvalue weighted by atomic mass is 9.92. The van der Waals surface area contributed by atoms with Gasteiger partial charge in [-0.15, -0.1) is 0 Å². The topological polar surface area (TPSA) is 82.7 Å². The number of aromatic nitrogens is 1. The number of Topliss-reactive ketones (excluding diaryl/α,β-unsaturated/α-hetero) is 2. The molecule has 0 saturated carbocycles. The van der Waals surface area contributed by atoms with Crippen molar-refractivity contribution in [1.82, 2.24) is 9.88 Å². The first-order valence-corrected chi connectivity index (χ1v) is 12.3. The molecule has 1 saturated heterocycles. The Hall–Kier alpha value is -3.87. The second-order valence-corrected chi connectivity index (χ2v) is 10.5. The molecule has 0 unspecified atom stereocenters. The van der Waals surface area contributed by atoms with E-state index in [0.29, 0.717) is 37.3 Å². The summed E-state index contributed by atoms with van der Waals surface area (Å²) >= 11 is 0. The molecular weight excluding hydrogens is 454 g/mol. The summed E-state index contributed by atoms with van der Waals surface area (Å²) in [7, 11) is 0. The predicted octanol–water partition coefficient (Wildman–Crippen LogP) is 4.99. The highest BCUT2D eigenvalue weighted by atomic mass is 16.6. The van der Waals surface area contributed by atoms with E-state index in [1.165, 1.54) is 0 Å². The molecule has 1 aliphatic heterocycles. The van der Waals surface area contributed by atoms with Gasteiger partial charge in [-0.2, -0.15) is 0 Å². The Morgan fingerprint density at radius 1 is 0.917 bits per heavy atom. The quantitative estimate of drug-likeness (QED) is 0.529. The molecule has 1 aromatic heterocycles. The van der Waals surface area contributed by atoms with Crippen LogP contribution in [0.5, 0.6) is 0 Å². The highest BCUT2D eigenvalue weighted by Gasteiger charge is 2.34. The molecule has 0 spiro atoms. The summed E-state index contributed by atoms with van der Waals surface area (Å²) in [6.07, 6.45) is 1.42. The summed E-state index contributed by atoms with van der Waals surface area (Å²) in [6.45, 7) is 9.98. The number of carbonyl (C=O) groups excluding carboxylic acids is 3. The minimum Gasteiger partial charge on any atom is -0.444 e. The summed E-state index contributed by atoms with van der Waals surface area (Å²) in [4.78, 5) is 45.8. The monoisotopic (exact) mass is 485 g/mol. The van der Waals surface area contributed by atoms with E-state index in [0.717, 1.165) is 33.3 Å². The maximum Gasteiger partial charge on any atom is 0.410 e. The van der Waals surface area contributed by atoms with E-state index in [1.54, 1.807) is 4.90 Å². The van der Waals surface area contributed by atoms with Gasteiger partial charge >= 0.3 is 6.09 Å². The van der Waals surface area contributed by atoms with Crippen LogP contribution in [0.25, 0.3) is 22.0 Å². The number of ether oxygens (including phenoxy) is 1. The number of para-hydroxylation sites is 1. The molecule has 2 aliphatic rings. The van der Waals surface area contributed by atoms with E-state index in [4.69, 9.17) is 4.74 Å². The molecule has 3 aromatic rings. The fourth-order valence-electron chi connectivity index (χ4n) is 5.00. The molecule has 7 heteroatoms. The van der Waals surface area contributed by atoms with Crippen molar-refractivity contribution in [1.29, 1.82) is 0 Å². The molecule has 7 nitrogen and oxygen atoms in total. The van der Waals surface area contributed by atoms with Crippen molar-refractivity contribution in [3.8, 4) is 0 Å². The van der Waals surface area contributed by atoms with Crippen molar-refractivity contribution in [2.24, 2.45) is 0 Å². The fraction of sp³-hybridized carbons (Fsp3) is 0.345. The molecule has 0 atom stereocenters. The van der Waals surface area contributed by atoms with Gasteiger partial charge in [0.1, 0.15) is 5.60 Å². The Kier molecular flexibility index (Phi) is 5.94. The van der Waals surface area contributed by atoms with Crippen LogP contribution in [0.15, 0.2) is 48.7 Å². The van der Waals surface area contributed by atoms with Crippen LogP contribution in [0.1, 0.15) is 43.9 Å². The number of H-pyrrole nitrogens is 1. The van der Waals surface area contributed by atoms with Crippen LogP contribution in [0.2, 0.25) is 0 Å². The van der Waals surface area contributed by atoms with Crippen molar-refractivity contribution in [3.63, 3.8) is 0 Å². The van der Waals surface area contributed by atoms with Gasteiger partial charge in [0.25, 0.3) is 0 Å². The smallest absolute Gasteiger partial charge is 0.410 e. The number of anilines is 1. The molecule has 1 aliphatic carbocycles. The Morgan fingerprint density at radius 3 is 2.28 bits per heavy atom. The number of aromatic amines is 1. The first-order valence-electron chi connectivity index (χ1n) is 12.3. The summed E-state index contributed by atoms with van der Waals surface area (Å²) in [6, 6.07) is 13.9. The molecular formula is C29H31N3O4. The Bertz CT molecular complexity index is 1400. The fourth-order valence-corrected chi connectivity index (χ4v) is 5.00. The van der Waals surface area contributed by atoms with E-state index in [9.17, 15) is 14.4 Å². The van der Waals surface area contributed by atoms with Crippen molar-refractivity contribution in [2.75, 3.05) is 31.1 Å². The van der Waals surface area contributed by atoms with Gasteiger partial charge in [0, 0.05) is 65.7 Å². The first kappa shape index (κ1) is 23.9. The Labute approximate surface area is 210 Å². The summed E-state index contributed by atoms with van der Waals surface area (Å²) < 4.78 is 5.51. The van der Waals surface area contributed by atoms with Gasteiger partial charge in [-0.1, -0.05) is 24.3 Å². The maximum absolute atomic E-state index is 13.1. The molecule has 1 N–H and O–H groups in total. The van der Waals surface area contributed by atoms with Gasteiger partial charge in [-0.05, 0) is 57.0 Å². The van der Waals surface area contributed by atoms with E-state index in [1.807, 2.05) is 76.4 Å². The Morgan fingerprint density at radius 2 is 1.58 bits per heavy atom. The molecule has 0 bridgehead atoms. The molecule has 186 valence electrons. The largest absolute Gasteiger partial charge is 0.444 e. The van der Waals surface area contributed by atoms with E-state index in [-0.39, 0.29) is 24.1 Å². The van der Waals surface area contributed by atoms with Crippen LogP contribution < -0.4 is 4.90 Å². The van der Waals surface area contributed by atoms with E-state index in [2.05, 4.69) is 9.88 Å². The third-order valence-electron chi connectivity index (χ3n) is 6.77. The number of benzene rings is 2. The average Bonchev–Trinajstić information content (AvgIpc) is 3.38. The molecule has 1 amide bonds. The Balaban J connectivity index is 1.47. The number of carbonyl (C=O) groups is 3. The summed E-state index contributed by atoms with van der Waals surface area (Å²) in [5.74, 6) is -0.286. The third kappa shape index (κ3) is 4.41. The number of aryl methyl sites for hydroxylation is 1. The van der Waals surface area contributed by atoms with Crippen LogP contribution in [-0.2, 0) is 14.3 Å². The van der Waals surface area contributed by atoms with Gasteiger partial charge in [-0.3, -0.25) is 9.59 Å². The summed E-state index contributed by atoms with van der Waals surface area (Å²) in [5, 5.41) is 0.931. The molecule has 2 aromatic carbocycles. The molecule has 5 rings (SSSR count). The number of allylic oxidation sites excluding steroid dienone is 2. The van der Waals surface area contributed by atoms with Gasteiger partial charge in [0.05, 0.1) is 6.42 Å². The maximum atomic E-state index is 13.1. The molecule has 1 fully saturated rings. The lowest BCUT2D eigenvalue weighted by Gasteiger charge is -2.37. The van der Waals surface area contributed by atoms with Gasteiger partial charge in [0.15, 0.2) is 11.6 Å². The molecule has 36 heavy (non-hydrogen) atoms. The van der Waals surface area contributed by atoms with Crippen LogP contribution in [0, 0.1) is 6.92 Å². The zero-order chi connectivity index (χ0) is 25.6. The van der Waals surface area contributed by atoms with Gasteiger partial charge in [0.2, 0.25) is 0 Å². The number of nitrogens with zero attached hydrogens (tertiary/aromatic N) is 2. The standard InChI is InChI=1S/C29H31N3O4/c1-18-9-10-19(31-11-13-32(14-12-31)28(35)36-29(2,3)4)15-21(18)26-24(33)16-25(34)27(26)22-17-30-23-8-6-5-7-20(22)23/h5-10,15,17,30H,11-14,16H2,1-4H3. The van der Waals surface area contributed by atoms with Crippen LogP contribution in [-0.4, -0.2) is 59.3 Å². The number of hydrogen-bond acceptors (Lipinski definition) is 5. The molecule has 2 heterocycles. The van der Waals surface area contributed by atoms with Crippen molar-refractivity contribution >= 4 is 45.4 Å². The van der Waals surface area contributed by atoms with Crippen LogP contribution >= 0.6 is 0 Å². The van der Waals surface area contributed by atoms with E-state index >= 15 is 0 Å². The SMILES string of the molecule is Cc1ccc(N2CCN(C(=O)OC(C)(C)C)CC2)cc1C1=C(c2c[nH]c3ccccc23)C(=O)CC1=O. The number of rotatable bonds is 3. The van der Waals surface area contributed by atoms with E-state index < -0.39 is 5.60 Å². The zero-order valence-electron chi connectivity index (χ0n) is 21.2. The van der Waals surface area contributed by atoms with Crippen LogP contribution in [0.3, 0.4) is 0 Å². The number of amides is 1. The second kappa shape index (κ2) is 8.97. The zero-order valence-corrected chi connectivity index (χ0v) is 21.2. The van der Waals surface area contributed by atoms with Crippen molar-refractivity contribution in [3.05, 3.63) is 65.4 Å². The number of piperazine rings is 1. The number of fused-ring (bicyclic) bond motifs is 1. The highest BCUT2D eigenvalue weighted by molar-refractivity contribution is 6.51. The molecule has 0 radical (unpaired) electrons. The van der Waals surface area contributed by atoms with Crippen molar-refractivity contribution in [2.45, 2.75) is 39.7 Å². The van der Waals surface area contributed by atoms with Gasteiger partial charge < -0.3 is 19.5 Å². The number of ketones is 2. The summed E-state index contributed by atoms with van der Waals surface area (Å²) in [5.41, 5.74) is 4.87. The van der Waals surface area contributed by atoms with Crippen LogP contribution in [0.4, 0.5) is 10.5 Å². The van der Waals surface area contributed by atoms with Crippen molar-refractivity contribution < 1.29 is 19.1 Å². The average molecular weight is 486 g/mol. The normalized spacial score (nSPS) is 16.9. The minimum atomic E-state index is -0.526. The predicted molar refractivity (Wildman–Crippen MR) is 141 cm³/mol. The third-order valence-corrected chi connectivity index (χ3v) is 6.77. The lowest BCUT2D eigenvalue weighted by molar-refractivity contribution is -0.119. The lowest BCUT2D eigenvalue weighted by Crippen LogP contribution is -2.50. The van der Waals surface area contributed by atoms with Gasteiger partial charge in [-0.25, -0.2) is 4.79 Å². The minimum absolute atomic E-state index is 0.109.